The van der Waals surface area contributed by atoms with Gasteiger partial charge in [-0.05, 0) is 6.42 Å². The van der Waals surface area contributed by atoms with Crippen LogP contribution in [0.25, 0.3) is 0 Å². The Hall–Kier alpha value is -0.830. The zero-order chi connectivity index (χ0) is 6.69. The van der Waals surface area contributed by atoms with Crippen molar-refractivity contribution in [1.82, 2.24) is 10.6 Å². The van der Waals surface area contributed by atoms with E-state index < -0.39 is 0 Å². The normalized spacial score (nSPS) is 25.8. The lowest BCUT2D eigenvalue weighted by Crippen LogP contribution is -2.30. The molecule has 0 aromatic heterocycles. The van der Waals surface area contributed by atoms with Crippen LogP contribution >= 0.6 is 0 Å². The van der Waals surface area contributed by atoms with E-state index in [9.17, 15) is 4.79 Å². The third-order valence-corrected chi connectivity index (χ3v) is 1.25. The molecule has 1 saturated heterocycles. The molecule has 9 heavy (non-hydrogen) atoms. The van der Waals surface area contributed by atoms with Crippen LogP contribution in [-0.2, 0) is 4.79 Å². The van der Waals surface area contributed by atoms with Crippen LogP contribution in [0.5, 0.6) is 0 Å². The summed E-state index contributed by atoms with van der Waals surface area (Å²) in [6.07, 6.45) is 2.70. The van der Waals surface area contributed by atoms with E-state index in [0.717, 1.165) is 6.42 Å². The van der Waals surface area contributed by atoms with Crippen LogP contribution in [0.1, 0.15) is 6.42 Å². The van der Waals surface area contributed by atoms with Gasteiger partial charge in [0.1, 0.15) is 0 Å². The number of hydrogen-bond acceptors (Lipinski definition) is 2. The maximum atomic E-state index is 10.5. The summed E-state index contributed by atoms with van der Waals surface area (Å²) in [5.74, 6) is 0.0712. The van der Waals surface area contributed by atoms with Crippen LogP contribution in [0.2, 0.25) is 0 Å². The Bertz CT molecular complexity index is 133. The molecule has 1 atom stereocenters. The molecule has 1 aliphatic rings. The highest BCUT2D eigenvalue weighted by molar-refractivity contribution is 5.80. The third kappa shape index (κ3) is 1.54. The second kappa shape index (κ2) is 2.64. The number of nitrogens with one attached hydrogen (secondary N) is 2. The van der Waals surface area contributed by atoms with Crippen molar-refractivity contribution in [3.8, 4) is 0 Å². The predicted octanol–water partition coefficient (Wildman–Crippen LogP) is -0.392. The monoisotopic (exact) mass is 126 g/mol. The van der Waals surface area contributed by atoms with Gasteiger partial charge in [-0.15, -0.1) is 6.58 Å². The molecule has 0 saturated carbocycles. The van der Waals surface area contributed by atoms with Gasteiger partial charge in [0.05, 0.1) is 12.7 Å². The SMILES string of the molecule is C=CCC1NCC(=O)N1. The average Bonchev–Trinajstić information content (AvgIpc) is 2.17. The number of amides is 1. The van der Waals surface area contributed by atoms with Crippen LogP contribution in [0, 0.1) is 0 Å². The van der Waals surface area contributed by atoms with E-state index in [1.54, 1.807) is 6.08 Å². The number of carbonyl (C=O) groups is 1. The largest absolute Gasteiger partial charge is 0.339 e. The molecule has 1 unspecified atom stereocenters. The van der Waals surface area contributed by atoms with Crippen molar-refractivity contribution in [3.63, 3.8) is 0 Å². The van der Waals surface area contributed by atoms with Crippen LogP contribution in [0.4, 0.5) is 0 Å². The van der Waals surface area contributed by atoms with Gasteiger partial charge in [-0.2, -0.15) is 0 Å². The van der Waals surface area contributed by atoms with Crippen molar-refractivity contribution < 1.29 is 4.79 Å². The average molecular weight is 126 g/mol. The fourth-order valence-electron chi connectivity index (χ4n) is 0.821. The van der Waals surface area contributed by atoms with E-state index in [4.69, 9.17) is 0 Å². The van der Waals surface area contributed by atoms with E-state index in [-0.39, 0.29) is 12.1 Å². The molecule has 0 aromatic carbocycles. The number of hydrogen-bond donors (Lipinski definition) is 2. The van der Waals surface area contributed by atoms with Gasteiger partial charge in [0.25, 0.3) is 0 Å². The molecule has 0 spiro atoms. The third-order valence-electron chi connectivity index (χ3n) is 1.25. The Kier molecular flexibility index (Phi) is 1.85. The van der Waals surface area contributed by atoms with Crippen molar-refractivity contribution >= 4 is 5.91 Å². The second-order valence-corrected chi connectivity index (χ2v) is 2.03. The molecule has 1 rings (SSSR count). The quantitative estimate of drug-likeness (QED) is 0.495. The molecule has 50 valence electrons. The van der Waals surface area contributed by atoms with Gasteiger partial charge < -0.3 is 5.32 Å². The summed E-state index contributed by atoms with van der Waals surface area (Å²) in [6.45, 7) is 4.00. The summed E-state index contributed by atoms with van der Waals surface area (Å²) in [5, 5.41) is 5.71. The molecule has 1 heterocycles. The van der Waals surface area contributed by atoms with Crippen LogP contribution in [0.15, 0.2) is 12.7 Å². The van der Waals surface area contributed by atoms with E-state index in [0.29, 0.717) is 6.54 Å². The van der Waals surface area contributed by atoms with E-state index >= 15 is 0 Å². The lowest BCUT2D eigenvalue weighted by atomic mass is 10.3. The summed E-state index contributed by atoms with van der Waals surface area (Å²) < 4.78 is 0. The molecule has 0 aromatic rings. The first-order valence-corrected chi connectivity index (χ1v) is 2.96. The maximum Gasteiger partial charge on any atom is 0.235 e. The minimum absolute atomic E-state index is 0.0712. The minimum Gasteiger partial charge on any atom is -0.339 e. The molecule has 3 nitrogen and oxygen atoms in total. The van der Waals surface area contributed by atoms with Gasteiger partial charge in [-0.25, -0.2) is 0 Å². The second-order valence-electron chi connectivity index (χ2n) is 2.03. The molecule has 1 amide bonds. The van der Waals surface area contributed by atoms with Crippen molar-refractivity contribution in [1.29, 1.82) is 0 Å². The zero-order valence-electron chi connectivity index (χ0n) is 5.18. The number of carbonyl (C=O) groups excluding carboxylic acids is 1. The standard InChI is InChI=1S/C6H10N2O/c1-2-3-5-7-4-6(9)8-5/h2,5,7H,1,3-4H2,(H,8,9). The zero-order valence-corrected chi connectivity index (χ0v) is 5.18. The Morgan fingerprint density at radius 1 is 1.89 bits per heavy atom. The Labute approximate surface area is 54.1 Å². The highest BCUT2D eigenvalue weighted by atomic mass is 16.2. The van der Waals surface area contributed by atoms with Crippen molar-refractivity contribution in [2.24, 2.45) is 0 Å². The minimum atomic E-state index is 0.0712. The highest BCUT2D eigenvalue weighted by Crippen LogP contribution is 1.92. The van der Waals surface area contributed by atoms with Crippen molar-refractivity contribution in [3.05, 3.63) is 12.7 Å². The Balaban J connectivity index is 2.29. The predicted molar refractivity (Wildman–Crippen MR) is 34.7 cm³/mol. The summed E-state index contributed by atoms with van der Waals surface area (Å²) >= 11 is 0. The molecule has 0 aliphatic carbocycles. The summed E-state index contributed by atoms with van der Waals surface area (Å²) in [7, 11) is 0. The molecule has 1 aliphatic heterocycles. The van der Waals surface area contributed by atoms with Gasteiger partial charge in [0.2, 0.25) is 5.91 Å². The fraction of sp³-hybridized carbons (Fsp3) is 0.500. The fourth-order valence-corrected chi connectivity index (χ4v) is 0.821. The number of rotatable bonds is 2. The Morgan fingerprint density at radius 3 is 3.11 bits per heavy atom. The van der Waals surface area contributed by atoms with E-state index in [1.807, 2.05) is 0 Å². The highest BCUT2D eigenvalue weighted by Gasteiger charge is 2.17. The van der Waals surface area contributed by atoms with Gasteiger partial charge in [0, 0.05) is 0 Å². The first-order chi connectivity index (χ1) is 4.33. The van der Waals surface area contributed by atoms with Gasteiger partial charge >= 0.3 is 0 Å². The van der Waals surface area contributed by atoms with Gasteiger partial charge in [-0.1, -0.05) is 6.08 Å². The molecule has 2 N–H and O–H groups in total. The molecule has 0 bridgehead atoms. The topological polar surface area (TPSA) is 41.1 Å². The maximum absolute atomic E-state index is 10.5. The van der Waals surface area contributed by atoms with Gasteiger partial charge in [0.15, 0.2) is 0 Å². The summed E-state index contributed by atoms with van der Waals surface area (Å²) in [5.41, 5.74) is 0. The molecule has 3 heteroatoms. The lowest BCUT2D eigenvalue weighted by Gasteiger charge is -2.04. The van der Waals surface area contributed by atoms with E-state index in [1.165, 1.54) is 0 Å². The van der Waals surface area contributed by atoms with Crippen LogP contribution in [-0.4, -0.2) is 18.6 Å². The molecular formula is C6H10N2O. The van der Waals surface area contributed by atoms with Crippen molar-refractivity contribution in [2.75, 3.05) is 6.54 Å². The summed E-state index contributed by atoms with van der Waals surface area (Å²) in [6, 6.07) is 0. The first-order valence-electron chi connectivity index (χ1n) is 2.96. The lowest BCUT2D eigenvalue weighted by molar-refractivity contribution is -0.118. The molecular weight excluding hydrogens is 116 g/mol. The first kappa shape index (κ1) is 6.29. The molecule has 0 radical (unpaired) electrons. The summed E-state index contributed by atoms with van der Waals surface area (Å²) in [4.78, 5) is 10.5. The smallest absolute Gasteiger partial charge is 0.235 e. The van der Waals surface area contributed by atoms with E-state index in [2.05, 4.69) is 17.2 Å². The van der Waals surface area contributed by atoms with Gasteiger partial charge in [-0.3, -0.25) is 10.1 Å². The van der Waals surface area contributed by atoms with Crippen molar-refractivity contribution in [2.45, 2.75) is 12.6 Å². The van der Waals surface area contributed by atoms with Crippen LogP contribution < -0.4 is 10.6 Å². The Morgan fingerprint density at radius 2 is 2.67 bits per heavy atom. The van der Waals surface area contributed by atoms with Crippen LogP contribution in [0.3, 0.4) is 0 Å². The molecule has 1 fully saturated rings.